The molecule has 9 nitrogen and oxygen atoms in total. The third kappa shape index (κ3) is 8.76. The fourth-order valence-electron chi connectivity index (χ4n) is 4.88. The van der Waals surface area contributed by atoms with Gasteiger partial charge in [-0.25, -0.2) is 4.79 Å². The van der Waals surface area contributed by atoms with Gasteiger partial charge in [0.05, 0.1) is 0 Å². The van der Waals surface area contributed by atoms with Gasteiger partial charge in [-0.3, -0.25) is 9.59 Å². The number of carbonyl (C=O) groups is 3. The lowest BCUT2D eigenvalue weighted by atomic mass is 9.94. The predicted octanol–water partition coefficient (Wildman–Crippen LogP) is 4.74. The van der Waals surface area contributed by atoms with Gasteiger partial charge in [-0.05, 0) is 57.4 Å². The van der Waals surface area contributed by atoms with Crippen LogP contribution in [0.15, 0.2) is 61.2 Å². The van der Waals surface area contributed by atoms with Crippen molar-refractivity contribution < 1.29 is 29.3 Å². The quantitative estimate of drug-likeness (QED) is 0.316. The van der Waals surface area contributed by atoms with E-state index in [2.05, 4.69) is 17.2 Å². The highest BCUT2D eigenvalue weighted by molar-refractivity contribution is 5.93. The van der Waals surface area contributed by atoms with Crippen molar-refractivity contribution in [2.75, 3.05) is 6.54 Å². The summed E-state index contributed by atoms with van der Waals surface area (Å²) in [5, 5.41) is 26.2. The molecule has 1 aliphatic carbocycles. The van der Waals surface area contributed by atoms with Crippen LogP contribution in [0, 0.1) is 0 Å². The molecule has 1 aliphatic rings. The van der Waals surface area contributed by atoms with Gasteiger partial charge in [0.25, 0.3) is 0 Å². The number of hydrogen-bond donors (Lipinski definition) is 4. The molecule has 216 valence electrons. The molecule has 0 bridgehead atoms. The van der Waals surface area contributed by atoms with Crippen molar-refractivity contribution >= 4 is 17.9 Å². The smallest absolute Gasteiger partial charge is 0.408 e. The van der Waals surface area contributed by atoms with Crippen molar-refractivity contribution in [1.29, 1.82) is 0 Å². The van der Waals surface area contributed by atoms with E-state index in [4.69, 9.17) is 4.74 Å². The zero-order chi connectivity index (χ0) is 29.3. The molecule has 4 N–H and O–H groups in total. The molecule has 0 saturated heterocycles. The molecule has 0 heterocycles. The number of hydrogen-bond acceptors (Lipinski definition) is 6. The number of nitrogens with one attached hydrogen (secondary N) is 2. The fourth-order valence-corrected chi connectivity index (χ4v) is 4.88. The highest BCUT2D eigenvalue weighted by atomic mass is 16.6. The van der Waals surface area contributed by atoms with Gasteiger partial charge in [-0.1, -0.05) is 55.7 Å². The van der Waals surface area contributed by atoms with E-state index in [1.54, 1.807) is 51.1 Å². The van der Waals surface area contributed by atoms with Crippen LogP contribution in [-0.4, -0.2) is 57.3 Å². The van der Waals surface area contributed by atoms with Crippen LogP contribution in [0.4, 0.5) is 4.79 Å². The van der Waals surface area contributed by atoms with Gasteiger partial charge in [0.15, 0.2) is 0 Å². The number of aromatic hydroxyl groups is 2. The summed E-state index contributed by atoms with van der Waals surface area (Å²) in [5.74, 6) is -1.02. The summed E-state index contributed by atoms with van der Waals surface area (Å²) >= 11 is 0. The maximum absolute atomic E-state index is 14.2. The summed E-state index contributed by atoms with van der Waals surface area (Å²) in [6.07, 6.45) is 5.62. The molecule has 0 radical (unpaired) electrons. The topological polar surface area (TPSA) is 128 Å². The van der Waals surface area contributed by atoms with Crippen LogP contribution in [0.5, 0.6) is 11.5 Å². The highest BCUT2D eigenvalue weighted by Gasteiger charge is 2.37. The molecule has 2 aromatic carbocycles. The summed E-state index contributed by atoms with van der Waals surface area (Å²) in [6.45, 7) is 8.93. The Hall–Kier alpha value is -4.01. The Morgan fingerprint density at radius 1 is 1.05 bits per heavy atom. The predicted molar refractivity (Wildman–Crippen MR) is 153 cm³/mol. The standard InChI is InChI=1S/C31H41N3O6/c1-5-19-34(27(24-13-9-10-14-26(24)36)28(37)32-22-11-7-6-8-12-22)29(38)25(33-30(39)40-31(2,3)4)20-21-15-17-23(35)18-16-21/h5,9-10,13-18,22,25,27,35-36H,1,6-8,11-12,19-20H2,2-4H3,(H,32,37)(H,33,39). The van der Waals surface area contributed by atoms with E-state index in [-0.39, 0.29) is 36.1 Å². The van der Waals surface area contributed by atoms with Crippen LogP contribution < -0.4 is 10.6 Å². The molecule has 2 aromatic rings. The Morgan fingerprint density at radius 2 is 1.70 bits per heavy atom. The lowest BCUT2D eigenvalue weighted by Gasteiger charge is -2.35. The van der Waals surface area contributed by atoms with E-state index in [0.29, 0.717) is 5.56 Å². The minimum absolute atomic E-state index is 0.0159. The van der Waals surface area contributed by atoms with Gasteiger partial charge in [0, 0.05) is 24.6 Å². The van der Waals surface area contributed by atoms with Gasteiger partial charge in [-0.15, -0.1) is 6.58 Å². The third-order valence-corrected chi connectivity index (χ3v) is 6.72. The maximum atomic E-state index is 14.2. The number of rotatable bonds is 10. The van der Waals surface area contributed by atoms with Crippen LogP contribution >= 0.6 is 0 Å². The maximum Gasteiger partial charge on any atom is 0.408 e. The molecule has 0 spiro atoms. The normalized spacial score (nSPS) is 15.4. The average molecular weight is 552 g/mol. The van der Waals surface area contributed by atoms with E-state index in [9.17, 15) is 24.6 Å². The van der Waals surface area contributed by atoms with Crippen LogP contribution in [0.25, 0.3) is 0 Å². The molecular formula is C31H41N3O6. The molecule has 1 fully saturated rings. The largest absolute Gasteiger partial charge is 0.508 e. The van der Waals surface area contributed by atoms with Crippen molar-refractivity contribution in [1.82, 2.24) is 15.5 Å². The van der Waals surface area contributed by atoms with Gasteiger partial charge in [0.1, 0.15) is 29.2 Å². The number of phenols is 2. The first-order valence-electron chi connectivity index (χ1n) is 13.8. The van der Waals surface area contributed by atoms with E-state index in [1.165, 1.54) is 29.2 Å². The van der Waals surface area contributed by atoms with Gasteiger partial charge >= 0.3 is 6.09 Å². The van der Waals surface area contributed by atoms with Crippen molar-refractivity contribution in [3.63, 3.8) is 0 Å². The van der Waals surface area contributed by atoms with Gasteiger partial charge in [0.2, 0.25) is 11.8 Å². The van der Waals surface area contributed by atoms with E-state index in [0.717, 1.165) is 32.1 Å². The zero-order valence-electron chi connectivity index (χ0n) is 23.6. The SMILES string of the molecule is C=CCN(C(=O)C(Cc1ccc(O)cc1)NC(=O)OC(C)(C)C)C(C(=O)NC1CCCCC1)c1ccccc1O. The molecular weight excluding hydrogens is 510 g/mol. The summed E-state index contributed by atoms with van der Waals surface area (Å²) in [5.41, 5.74) is 0.151. The molecule has 0 aromatic heterocycles. The number of phenolic OH excluding ortho intramolecular Hbond substituents is 2. The van der Waals surface area contributed by atoms with Gasteiger partial charge in [-0.2, -0.15) is 0 Å². The third-order valence-electron chi connectivity index (χ3n) is 6.72. The molecule has 2 unspecified atom stereocenters. The number of para-hydroxylation sites is 1. The second-order valence-electron chi connectivity index (χ2n) is 11.2. The first kappa shape index (κ1) is 30.5. The summed E-state index contributed by atoms with van der Waals surface area (Å²) in [7, 11) is 0. The Morgan fingerprint density at radius 3 is 2.30 bits per heavy atom. The van der Waals surface area contributed by atoms with Crippen LogP contribution in [0.1, 0.15) is 70.0 Å². The van der Waals surface area contributed by atoms with E-state index >= 15 is 0 Å². The fraction of sp³-hybridized carbons (Fsp3) is 0.452. The molecule has 40 heavy (non-hydrogen) atoms. The second-order valence-corrected chi connectivity index (χ2v) is 11.2. The molecule has 2 atom stereocenters. The van der Waals surface area contributed by atoms with Crippen LogP contribution in [0.3, 0.4) is 0 Å². The summed E-state index contributed by atoms with van der Waals surface area (Å²) in [6, 6.07) is 10.4. The highest BCUT2D eigenvalue weighted by Crippen LogP contribution is 2.31. The number of amides is 3. The van der Waals surface area contributed by atoms with Crippen LogP contribution in [-0.2, 0) is 20.7 Å². The molecule has 3 rings (SSSR count). The number of benzene rings is 2. The molecule has 9 heteroatoms. The Balaban J connectivity index is 2.00. The lowest BCUT2D eigenvalue weighted by molar-refractivity contribution is -0.142. The minimum atomic E-state index is -1.17. The monoisotopic (exact) mass is 551 g/mol. The lowest BCUT2D eigenvalue weighted by Crippen LogP contribution is -2.54. The minimum Gasteiger partial charge on any atom is -0.508 e. The number of alkyl carbamates (subject to hydrolysis) is 1. The number of nitrogens with zero attached hydrogens (tertiary/aromatic N) is 1. The number of carbonyl (C=O) groups excluding carboxylic acids is 3. The summed E-state index contributed by atoms with van der Waals surface area (Å²) < 4.78 is 5.43. The zero-order valence-corrected chi connectivity index (χ0v) is 23.6. The van der Waals surface area contributed by atoms with E-state index in [1.807, 2.05) is 0 Å². The Kier molecular flexibility index (Phi) is 10.6. The van der Waals surface area contributed by atoms with Crippen LogP contribution in [0.2, 0.25) is 0 Å². The second kappa shape index (κ2) is 13.9. The molecule has 1 saturated carbocycles. The number of ether oxygens (including phenoxy) is 1. The molecule has 0 aliphatic heterocycles. The summed E-state index contributed by atoms with van der Waals surface area (Å²) in [4.78, 5) is 42.2. The average Bonchev–Trinajstić information content (AvgIpc) is 2.89. The Bertz CT molecular complexity index is 1170. The van der Waals surface area contributed by atoms with Crippen molar-refractivity contribution in [3.8, 4) is 11.5 Å². The molecule has 3 amide bonds. The first-order chi connectivity index (χ1) is 19.0. The van der Waals surface area contributed by atoms with Crippen molar-refractivity contribution in [3.05, 3.63) is 72.3 Å². The van der Waals surface area contributed by atoms with Crippen molar-refractivity contribution in [2.45, 2.75) is 83.0 Å². The first-order valence-corrected chi connectivity index (χ1v) is 13.8. The Labute approximate surface area is 236 Å². The van der Waals surface area contributed by atoms with E-state index < -0.39 is 35.6 Å². The van der Waals surface area contributed by atoms with Crippen molar-refractivity contribution in [2.24, 2.45) is 0 Å². The van der Waals surface area contributed by atoms with Gasteiger partial charge < -0.3 is 30.5 Å².